The zero-order valence-electron chi connectivity index (χ0n) is 12.2. The molecule has 0 aliphatic heterocycles. The first-order chi connectivity index (χ1) is 10.8. The first kappa shape index (κ1) is 13.7. The predicted octanol–water partition coefficient (Wildman–Crippen LogP) is 3.64. The Balaban J connectivity index is 1.41. The van der Waals surface area contributed by atoms with Crippen LogP contribution in [-0.2, 0) is 11.3 Å². The van der Waals surface area contributed by atoms with E-state index in [9.17, 15) is 4.79 Å². The van der Waals surface area contributed by atoms with E-state index < -0.39 is 0 Å². The van der Waals surface area contributed by atoms with E-state index >= 15 is 0 Å². The second-order valence-corrected chi connectivity index (χ2v) is 7.08. The summed E-state index contributed by atoms with van der Waals surface area (Å²) in [6.07, 6.45) is 8.49. The maximum atomic E-state index is 12.4. The Hall–Kier alpha value is -1.94. The number of carbonyl (C=O) groups excluding carboxylic acids is 1. The summed E-state index contributed by atoms with van der Waals surface area (Å²) >= 11 is 1.68. The predicted molar refractivity (Wildman–Crippen MR) is 88.2 cm³/mol. The van der Waals surface area contributed by atoms with Gasteiger partial charge in [-0.2, -0.15) is 0 Å². The van der Waals surface area contributed by atoms with Crippen molar-refractivity contribution >= 4 is 17.2 Å². The number of rotatable bonds is 4. The lowest BCUT2D eigenvalue weighted by Gasteiger charge is -2.17. The van der Waals surface area contributed by atoms with Gasteiger partial charge in [-0.15, -0.1) is 11.3 Å². The summed E-state index contributed by atoms with van der Waals surface area (Å²) in [6, 6.07) is 8.13. The fourth-order valence-electron chi connectivity index (χ4n) is 3.55. The topological polar surface area (TPSA) is 42.0 Å². The van der Waals surface area contributed by atoms with E-state index in [1.807, 2.05) is 23.7 Å². The van der Waals surface area contributed by atoms with Crippen LogP contribution in [0.4, 0.5) is 0 Å². The lowest BCUT2D eigenvalue weighted by molar-refractivity contribution is -0.125. The highest BCUT2D eigenvalue weighted by molar-refractivity contribution is 7.13. The monoisotopic (exact) mass is 310 g/mol. The number of pyridine rings is 1. The van der Waals surface area contributed by atoms with Gasteiger partial charge in [-0.25, -0.2) is 0 Å². The van der Waals surface area contributed by atoms with Gasteiger partial charge in [0.05, 0.1) is 10.6 Å². The van der Waals surface area contributed by atoms with Crippen molar-refractivity contribution in [1.29, 1.82) is 0 Å². The zero-order valence-corrected chi connectivity index (χ0v) is 13.1. The van der Waals surface area contributed by atoms with Crippen LogP contribution in [-0.4, -0.2) is 10.9 Å². The maximum Gasteiger partial charge on any atom is 0.223 e. The molecule has 0 radical (unpaired) electrons. The van der Waals surface area contributed by atoms with Crippen LogP contribution in [0.15, 0.2) is 48.0 Å². The molecule has 2 aliphatic rings. The first-order valence-corrected chi connectivity index (χ1v) is 8.62. The van der Waals surface area contributed by atoms with Crippen molar-refractivity contribution in [3.05, 3.63) is 53.6 Å². The summed E-state index contributed by atoms with van der Waals surface area (Å²) in [4.78, 5) is 17.9. The standard InChI is InChI=1S/C18H18N2OS/c21-18(15-9-12-3-4-14(15)8-12)20-11-13-5-6-19-16(10-13)17-2-1-7-22-17/h1-7,10,12,14-15H,8-9,11H2,(H,20,21). The number of fused-ring (bicyclic) bond motifs is 2. The first-order valence-electron chi connectivity index (χ1n) is 7.74. The van der Waals surface area contributed by atoms with Gasteiger partial charge in [-0.1, -0.05) is 18.2 Å². The molecule has 2 bridgehead atoms. The van der Waals surface area contributed by atoms with Crippen LogP contribution in [0.5, 0.6) is 0 Å². The Morgan fingerprint density at radius 2 is 2.27 bits per heavy atom. The molecule has 1 N–H and O–H groups in total. The quantitative estimate of drug-likeness (QED) is 0.876. The van der Waals surface area contributed by atoms with Crippen LogP contribution in [0, 0.1) is 17.8 Å². The number of aromatic nitrogens is 1. The van der Waals surface area contributed by atoms with Gasteiger partial charge >= 0.3 is 0 Å². The minimum atomic E-state index is 0.175. The van der Waals surface area contributed by atoms with Gasteiger partial charge in [0, 0.05) is 18.7 Å². The smallest absolute Gasteiger partial charge is 0.223 e. The number of thiophene rings is 1. The van der Waals surface area contributed by atoms with Gasteiger partial charge in [0.2, 0.25) is 5.91 Å². The fraction of sp³-hybridized carbons (Fsp3) is 0.333. The molecule has 112 valence electrons. The lowest BCUT2D eigenvalue weighted by atomic mass is 9.93. The summed E-state index contributed by atoms with van der Waals surface area (Å²) in [5.74, 6) is 1.47. The van der Waals surface area contributed by atoms with Crippen molar-refractivity contribution < 1.29 is 4.79 Å². The summed E-state index contributed by atoms with van der Waals surface area (Å²) in [5, 5.41) is 5.15. The summed E-state index contributed by atoms with van der Waals surface area (Å²) in [7, 11) is 0. The molecule has 3 atom stereocenters. The van der Waals surface area contributed by atoms with Crippen molar-refractivity contribution in [2.24, 2.45) is 17.8 Å². The van der Waals surface area contributed by atoms with Gasteiger partial charge in [0.1, 0.15) is 0 Å². The number of amides is 1. The Morgan fingerprint density at radius 1 is 1.32 bits per heavy atom. The van der Waals surface area contributed by atoms with E-state index in [1.54, 1.807) is 11.3 Å². The minimum Gasteiger partial charge on any atom is -0.352 e. The van der Waals surface area contributed by atoms with Crippen LogP contribution in [0.3, 0.4) is 0 Å². The summed E-state index contributed by atoms with van der Waals surface area (Å²) < 4.78 is 0. The van der Waals surface area contributed by atoms with E-state index in [-0.39, 0.29) is 11.8 Å². The largest absolute Gasteiger partial charge is 0.352 e. The molecule has 2 heterocycles. The number of allylic oxidation sites excluding steroid dienone is 2. The molecule has 1 fully saturated rings. The minimum absolute atomic E-state index is 0.175. The highest BCUT2D eigenvalue weighted by Crippen LogP contribution is 2.43. The Kier molecular flexibility index (Phi) is 3.54. The van der Waals surface area contributed by atoms with Crippen molar-refractivity contribution in [1.82, 2.24) is 10.3 Å². The van der Waals surface area contributed by atoms with E-state index in [2.05, 4.69) is 34.6 Å². The molecule has 1 amide bonds. The third kappa shape index (κ3) is 2.59. The third-order valence-corrected chi connectivity index (χ3v) is 5.57. The van der Waals surface area contributed by atoms with Crippen LogP contribution in [0.1, 0.15) is 18.4 Å². The Morgan fingerprint density at radius 3 is 3.00 bits per heavy atom. The molecular formula is C18H18N2OS. The van der Waals surface area contributed by atoms with Gasteiger partial charge < -0.3 is 5.32 Å². The third-order valence-electron chi connectivity index (χ3n) is 4.68. The van der Waals surface area contributed by atoms with E-state index in [0.29, 0.717) is 18.4 Å². The lowest BCUT2D eigenvalue weighted by Crippen LogP contribution is -2.32. The Bertz CT molecular complexity index is 708. The van der Waals surface area contributed by atoms with Gasteiger partial charge in [-0.3, -0.25) is 9.78 Å². The highest BCUT2D eigenvalue weighted by Gasteiger charge is 2.39. The molecule has 0 spiro atoms. The molecule has 0 saturated heterocycles. The maximum absolute atomic E-state index is 12.4. The Labute approximate surface area is 134 Å². The van der Waals surface area contributed by atoms with E-state index in [0.717, 1.165) is 29.0 Å². The van der Waals surface area contributed by atoms with Crippen LogP contribution in [0.25, 0.3) is 10.6 Å². The average Bonchev–Trinajstić information content (AvgIpc) is 3.29. The number of carbonyl (C=O) groups is 1. The number of hydrogen-bond donors (Lipinski definition) is 1. The van der Waals surface area contributed by atoms with Crippen molar-refractivity contribution in [2.75, 3.05) is 0 Å². The molecule has 0 aromatic carbocycles. The normalized spacial score (nSPS) is 25.5. The van der Waals surface area contributed by atoms with Crippen molar-refractivity contribution in [3.8, 4) is 10.6 Å². The molecule has 4 heteroatoms. The summed E-state index contributed by atoms with van der Waals surface area (Å²) in [5.41, 5.74) is 2.08. The molecule has 2 aliphatic carbocycles. The molecular weight excluding hydrogens is 292 g/mol. The molecule has 3 unspecified atom stereocenters. The number of nitrogens with one attached hydrogen (secondary N) is 1. The van der Waals surface area contributed by atoms with Gasteiger partial charge in [0.15, 0.2) is 0 Å². The van der Waals surface area contributed by atoms with Gasteiger partial charge in [-0.05, 0) is 53.8 Å². The highest BCUT2D eigenvalue weighted by atomic mass is 32.1. The second-order valence-electron chi connectivity index (χ2n) is 6.13. The molecule has 22 heavy (non-hydrogen) atoms. The van der Waals surface area contributed by atoms with Crippen LogP contribution >= 0.6 is 11.3 Å². The van der Waals surface area contributed by atoms with Crippen LogP contribution in [0.2, 0.25) is 0 Å². The number of nitrogens with zero attached hydrogens (tertiary/aromatic N) is 1. The molecule has 1 saturated carbocycles. The molecule has 4 rings (SSSR count). The van der Waals surface area contributed by atoms with E-state index in [1.165, 1.54) is 0 Å². The molecule has 2 aromatic rings. The van der Waals surface area contributed by atoms with Crippen molar-refractivity contribution in [3.63, 3.8) is 0 Å². The second kappa shape index (κ2) is 5.69. The van der Waals surface area contributed by atoms with E-state index in [4.69, 9.17) is 0 Å². The fourth-order valence-corrected chi connectivity index (χ4v) is 4.24. The van der Waals surface area contributed by atoms with Crippen molar-refractivity contribution in [2.45, 2.75) is 19.4 Å². The van der Waals surface area contributed by atoms with Crippen LogP contribution < -0.4 is 5.32 Å². The SMILES string of the molecule is O=C(NCc1ccnc(-c2cccs2)c1)C1CC2C=CC1C2. The molecule has 2 aromatic heterocycles. The van der Waals surface area contributed by atoms with Gasteiger partial charge in [0.25, 0.3) is 0 Å². The summed E-state index contributed by atoms with van der Waals surface area (Å²) in [6.45, 7) is 0.581. The zero-order chi connectivity index (χ0) is 14.9. The average molecular weight is 310 g/mol. The number of hydrogen-bond acceptors (Lipinski definition) is 3. The molecule has 3 nitrogen and oxygen atoms in total.